The summed E-state index contributed by atoms with van der Waals surface area (Å²) in [6, 6.07) is 11.8. The maximum Gasteiger partial charge on any atom is 0.120 e. The highest BCUT2D eigenvalue weighted by Gasteiger charge is 2.14. The van der Waals surface area contributed by atoms with Crippen molar-refractivity contribution in [2.75, 3.05) is 0 Å². The number of aryl methyl sites for hydroxylation is 1. The summed E-state index contributed by atoms with van der Waals surface area (Å²) in [5, 5.41) is 5.69. The smallest absolute Gasteiger partial charge is 0.120 e. The standard InChI is InChI=1S/C14H15N3O/c1-17-13-6-3-2-5-10(13)12(16-17)9-11(15)14-7-4-8-18-14/h2-8,11H,9,15H2,1H3. The van der Waals surface area contributed by atoms with Crippen LogP contribution in [0, 0.1) is 0 Å². The van der Waals surface area contributed by atoms with Crippen LogP contribution in [0.1, 0.15) is 17.5 Å². The summed E-state index contributed by atoms with van der Waals surface area (Å²) in [7, 11) is 1.95. The van der Waals surface area contributed by atoms with Crippen LogP contribution >= 0.6 is 0 Å². The third-order valence-corrected chi connectivity index (χ3v) is 3.16. The lowest BCUT2D eigenvalue weighted by Crippen LogP contribution is -2.13. The molecule has 0 saturated carbocycles. The van der Waals surface area contributed by atoms with Crippen molar-refractivity contribution in [1.82, 2.24) is 9.78 Å². The van der Waals surface area contributed by atoms with Gasteiger partial charge >= 0.3 is 0 Å². The van der Waals surface area contributed by atoms with Gasteiger partial charge in [0.05, 0.1) is 23.5 Å². The van der Waals surface area contributed by atoms with Crippen molar-refractivity contribution in [2.45, 2.75) is 12.5 Å². The van der Waals surface area contributed by atoms with Crippen LogP contribution in [0.2, 0.25) is 0 Å². The first-order valence-corrected chi connectivity index (χ1v) is 5.95. The van der Waals surface area contributed by atoms with Crippen molar-refractivity contribution in [2.24, 2.45) is 12.8 Å². The lowest BCUT2D eigenvalue weighted by atomic mass is 10.1. The number of nitrogens with two attached hydrogens (primary N) is 1. The number of para-hydroxylation sites is 1. The topological polar surface area (TPSA) is 57.0 Å². The van der Waals surface area contributed by atoms with E-state index in [0.717, 1.165) is 22.4 Å². The summed E-state index contributed by atoms with van der Waals surface area (Å²) >= 11 is 0. The van der Waals surface area contributed by atoms with Gasteiger partial charge in [-0.2, -0.15) is 5.10 Å². The molecular weight excluding hydrogens is 226 g/mol. The summed E-state index contributed by atoms with van der Waals surface area (Å²) in [6.07, 6.45) is 2.32. The maximum absolute atomic E-state index is 6.13. The Morgan fingerprint density at radius 2 is 2.11 bits per heavy atom. The molecule has 2 N–H and O–H groups in total. The van der Waals surface area contributed by atoms with Crippen molar-refractivity contribution in [3.8, 4) is 0 Å². The number of hydrogen-bond acceptors (Lipinski definition) is 3. The van der Waals surface area contributed by atoms with E-state index in [1.807, 2.05) is 36.0 Å². The minimum Gasteiger partial charge on any atom is -0.468 e. The number of benzene rings is 1. The fraction of sp³-hybridized carbons (Fsp3) is 0.214. The summed E-state index contributed by atoms with van der Waals surface area (Å²) in [6.45, 7) is 0. The second kappa shape index (κ2) is 4.31. The Hall–Kier alpha value is -2.07. The van der Waals surface area contributed by atoms with E-state index in [2.05, 4.69) is 17.2 Å². The van der Waals surface area contributed by atoms with E-state index in [-0.39, 0.29) is 6.04 Å². The van der Waals surface area contributed by atoms with Crippen molar-refractivity contribution >= 4 is 10.9 Å². The molecule has 0 aliphatic rings. The van der Waals surface area contributed by atoms with Gasteiger partial charge in [0, 0.05) is 18.9 Å². The number of aromatic nitrogens is 2. The van der Waals surface area contributed by atoms with Gasteiger partial charge < -0.3 is 10.2 Å². The fourth-order valence-corrected chi connectivity index (χ4v) is 2.25. The van der Waals surface area contributed by atoms with Gasteiger partial charge in [0.15, 0.2) is 0 Å². The zero-order valence-electron chi connectivity index (χ0n) is 10.2. The van der Waals surface area contributed by atoms with Crippen LogP contribution in [0.25, 0.3) is 10.9 Å². The molecule has 0 aliphatic carbocycles. The van der Waals surface area contributed by atoms with E-state index in [4.69, 9.17) is 10.2 Å². The van der Waals surface area contributed by atoms with E-state index in [1.54, 1.807) is 6.26 Å². The normalized spacial score (nSPS) is 13.0. The molecule has 1 aromatic carbocycles. The van der Waals surface area contributed by atoms with Crippen molar-refractivity contribution in [1.29, 1.82) is 0 Å². The Kier molecular flexibility index (Phi) is 2.64. The molecule has 2 heterocycles. The Morgan fingerprint density at radius 1 is 1.28 bits per heavy atom. The molecule has 0 spiro atoms. The van der Waals surface area contributed by atoms with Crippen LogP contribution in [0.3, 0.4) is 0 Å². The Bertz CT molecular complexity index is 655. The first-order chi connectivity index (χ1) is 8.75. The van der Waals surface area contributed by atoms with Gasteiger partial charge in [-0.25, -0.2) is 0 Å². The SMILES string of the molecule is Cn1nc(CC(N)c2ccco2)c2ccccc21. The molecule has 4 nitrogen and oxygen atoms in total. The van der Waals surface area contributed by atoms with Crippen molar-refractivity contribution < 1.29 is 4.42 Å². The van der Waals surface area contributed by atoms with E-state index < -0.39 is 0 Å². The summed E-state index contributed by atoms with van der Waals surface area (Å²) < 4.78 is 7.22. The van der Waals surface area contributed by atoms with Crippen LogP contribution in [-0.4, -0.2) is 9.78 Å². The third kappa shape index (κ3) is 1.80. The highest BCUT2D eigenvalue weighted by molar-refractivity contribution is 5.81. The van der Waals surface area contributed by atoms with Crippen LogP contribution in [0.4, 0.5) is 0 Å². The molecule has 92 valence electrons. The monoisotopic (exact) mass is 241 g/mol. The third-order valence-electron chi connectivity index (χ3n) is 3.16. The molecule has 0 bridgehead atoms. The molecular formula is C14H15N3O. The van der Waals surface area contributed by atoms with Gasteiger partial charge in [-0.15, -0.1) is 0 Å². The van der Waals surface area contributed by atoms with Gasteiger partial charge in [0.1, 0.15) is 5.76 Å². The predicted molar refractivity (Wildman–Crippen MR) is 70.1 cm³/mol. The lowest BCUT2D eigenvalue weighted by Gasteiger charge is -2.06. The predicted octanol–water partition coefficient (Wildman–Crippen LogP) is 2.41. The van der Waals surface area contributed by atoms with Crippen LogP contribution in [0.5, 0.6) is 0 Å². The van der Waals surface area contributed by atoms with E-state index in [0.29, 0.717) is 6.42 Å². The van der Waals surface area contributed by atoms with Crippen LogP contribution < -0.4 is 5.73 Å². The molecule has 18 heavy (non-hydrogen) atoms. The summed E-state index contributed by atoms with van der Waals surface area (Å²) in [5.74, 6) is 0.796. The average Bonchev–Trinajstić information content (AvgIpc) is 3.00. The number of hydrogen-bond donors (Lipinski definition) is 1. The first-order valence-electron chi connectivity index (χ1n) is 5.95. The van der Waals surface area contributed by atoms with E-state index in [1.165, 1.54) is 0 Å². The van der Waals surface area contributed by atoms with E-state index in [9.17, 15) is 0 Å². The molecule has 0 radical (unpaired) electrons. The molecule has 3 aromatic rings. The van der Waals surface area contributed by atoms with Gasteiger partial charge in [-0.1, -0.05) is 18.2 Å². The minimum absolute atomic E-state index is 0.154. The van der Waals surface area contributed by atoms with Crippen molar-refractivity contribution in [3.63, 3.8) is 0 Å². The molecule has 3 rings (SSSR count). The quantitative estimate of drug-likeness (QED) is 0.766. The van der Waals surface area contributed by atoms with Gasteiger partial charge in [-0.05, 0) is 18.2 Å². The Balaban J connectivity index is 1.96. The zero-order chi connectivity index (χ0) is 12.5. The molecule has 0 saturated heterocycles. The van der Waals surface area contributed by atoms with E-state index >= 15 is 0 Å². The highest BCUT2D eigenvalue weighted by atomic mass is 16.3. The summed E-state index contributed by atoms with van der Waals surface area (Å²) in [4.78, 5) is 0. The lowest BCUT2D eigenvalue weighted by molar-refractivity contribution is 0.462. The Morgan fingerprint density at radius 3 is 2.89 bits per heavy atom. The second-order valence-corrected chi connectivity index (χ2v) is 4.41. The van der Waals surface area contributed by atoms with Gasteiger partial charge in [-0.3, -0.25) is 4.68 Å². The molecule has 4 heteroatoms. The molecule has 0 aliphatic heterocycles. The number of furan rings is 1. The molecule has 2 aromatic heterocycles. The summed E-state index contributed by atoms with van der Waals surface area (Å²) in [5.41, 5.74) is 8.26. The van der Waals surface area contributed by atoms with Crippen LogP contribution in [0.15, 0.2) is 47.1 Å². The first kappa shape index (κ1) is 11.0. The highest BCUT2D eigenvalue weighted by Crippen LogP contribution is 2.22. The maximum atomic E-state index is 6.13. The minimum atomic E-state index is -0.154. The fourth-order valence-electron chi connectivity index (χ4n) is 2.25. The Labute approximate surface area is 105 Å². The van der Waals surface area contributed by atoms with Crippen molar-refractivity contribution in [3.05, 3.63) is 54.1 Å². The average molecular weight is 241 g/mol. The van der Waals surface area contributed by atoms with Gasteiger partial charge in [0.25, 0.3) is 0 Å². The second-order valence-electron chi connectivity index (χ2n) is 4.41. The molecule has 0 fully saturated rings. The number of rotatable bonds is 3. The molecule has 1 atom stereocenters. The van der Waals surface area contributed by atoms with Gasteiger partial charge in [0.2, 0.25) is 0 Å². The largest absolute Gasteiger partial charge is 0.468 e. The number of nitrogens with zero attached hydrogens (tertiary/aromatic N) is 2. The zero-order valence-corrected chi connectivity index (χ0v) is 10.2. The molecule has 1 unspecified atom stereocenters. The van der Waals surface area contributed by atoms with Crippen LogP contribution in [-0.2, 0) is 13.5 Å². The molecule has 0 amide bonds. The number of fused-ring (bicyclic) bond motifs is 1.